The van der Waals surface area contributed by atoms with E-state index in [1.165, 1.54) is 0 Å². The second-order valence-corrected chi connectivity index (χ2v) is 0. The Morgan fingerprint density at radius 1 is 1.00 bits per heavy atom. The zero-order chi connectivity index (χ0) is 0. The Kier molecular flexibility index (Phi) is 253. The van der Waals surface area contributed by atoms with Crippen molar-refractivity contribution >= 4 is 28.8 Å². The van der Waals surface area contributed by atoms with E-state index in [9.17, 15) is 0 Å². The van der Waals surface area contributed by atoms with Gasteiger partial charge in [0.05, 0.1) is 0 Å². The first-order valence-electron chi connectivity index (χ1n) is 0. The molecule has 0 nitrogen and oxygen atoms in total. The van der Waals surface area contributed by atoms with E-state index in [1.54, 1.807) is 0 Å². The standard InChI is InChI=1S/Li.Mo.H3P.V.Zn.H/h;;1H3;;;. The van der Waals surface area contributed by atoms with Gasteiger partial charge >= 0.3 is 18.9 Å². The molecule has 0 spiro atoms. The van der Waals surface area contributed by atoms with Crippen LogP contribution in [0.15, 0.2) is 0 Å². The van der Waals surface area contributed by atoms with Gasteiger partial charge in [-0.25, -0.2) is 0 Å². The molecule has 5 heavy (non-hydrogen) atoms. The number of rotatable bonds is 0. The molecule has 0 heterocycles. The monoisotopic (exact) mass is 255 g/mol. The molecule has 0 fully saturated rings. The minimum atomic E-state index is 0. The van der Waals surface area contributed by atoms with Crippen molar-refractivity contribution in [2.45, 2.75) is 0 Å². The number of hydrogen-bond donors (Lipinski definition) is 0. The molecule has 0 aliphatic heterocycles. The molecular weight excluding hydrogens is 250 g/mol. The molecular formula is H4LiMoPVZn. The fourth-order valence-electron chi connectivity index (χ4n) is 0. The SMILES string of the molecule is P.[LiH].[Mo].[V].[Zn]. The van der Waals surface area contributed by atoms with Crippen LogP contribution in [-0.2, 0) is 59.1 Å². The van der Waals surface area contributed by atoms with Gasteiger partial charge in [-0.3, -0.25) is 0 Å². The second kappa shape index (κ2) is 28.4. The second-order valence-electron chi connectivity index (χ2n) is 0. The van der Waals surface area contributed by atoms with Crippen LogP contribution in [0, 0.1) is 0 Å². The predicted octanol–water partition coefficient (Wildman–Crippen LogP) is -0.598. The van der Waals surface area contributed by atoms with Crippen molar-refractivity contribution in [3.05, 3.63) is 0 Å². The van der Waals surface area contributed by atoms with Crippen LogP contribution in [0.4, 0.5) is 0 Å². The van der Waals surface area contributed by atoms with E-state index in [2.05, 4.69) is 0 Å². The summed E-state index contributed by atoms with van der Waals surface area (Å²) >= 11 is 0. The summed E-state index contributed by atoms with van der Waals surface area (Å²) < 4.78 is 0. The summed E-state index contributed by atoms with van der Waals surface area (Å²) in [6.45, 7) is 0. The molecule has 0 aromatic carbocycles. The minimum absolute atomic E-state index is 0. The van der Waals surface area contributed by atoms with Gasteiger partial charge in [-0.15, -0.1) is 0 Å². The molecule has 0 amide bonds. The van der Waals surface area contributed by atoms with Gasteiger partial charge in [0.15, 0.2) is 0 Å². The third kappa shape index (κ3) is 19.6. The Balaban J connectivity index is 0. The molecule has 0 bridgehead atoms. The van der Waals surface area contributed by atoms with Crippen molar-refractivity contribution in [3.63, 3.8) is 0 Å². The summed E-state index contributed by atoms with van der Waals surface area (Å²) in [5, 5.41) is 0. The van der Waals surface area contributed by atoms with Gasteiger partial charge in [0, 0.05) is 59.1 Å². The fraction of sp³-hybridized carbons (Fsp3) is 0. The number of hydrogen-bond acceptors (Lipinski definition) is 0. The van der Waals surface area contributed by atoms with E-state index in [0.717, 1.165) is 0 Å². The molecule has 0 aromatic rings. The summed E-state index contributed by atoms with van der Waals surface area (Å²) in [5.41, 5.74) is 0. The normalized spacial score (nSPS) is 0. The van der Waals surface area contributed by atoms with Crippen molar-refractivity contribution in [2.24, 2.45) is 0 Å². The Labute approximate surface area is 86.7 Å². The van der Waals surface area contributed by atoms with Crippen molar-refractivity contribution < 1.29 is 59.1 Å². The average molecular weight is 254 g/mol. The molecule has 0 aliphatic carbocycles. The summed E-state index contributed by atoms with van der Waals surface area (Å²) in [4.78, 5) is 0. The van der Waals surface area contributed by atoms with Gasteiger partial charge in [-0.1, -0.05) is 0 Å². The van der Waals surface area contributed by atoms with Crippen LogP contribution in [0.5, 0.6) is 0 Å². The summed E-state index contributed by atoms with van der Waals surface area (Å²) in [5.74, 6) is 0. The topological polar surface area (TPSA) is 0 Å². The molecule has 0 saturated heterocycles. The van der Waals surface area contributed by atoms with E-state index in [0.29, 0.717) is 0 Å². The molecule has 23 valence electrons. The zero-order valence-corrected chi connectivity index (χ0v) is 10.1. The largest absolute Gasteiger partial charge is 0 e. The summed E-state index contributed by atoms with van der Waals surface area (Å²) in [6, 6.07) is 0. The van der Waals surface area contributed by atoms with Gasteiger partial charge in [0.25, 0.3) is 0 Å². The molecule has 0 rings (SSSR count). The van der Waals surface area contributed by atoms with Crippen LogP contribution in [0.25, 0.3) is 0 Å². The Bertz CT molecular complexity index is 11.6. The third-order valence-electron chi connectivity index (χ3n) is 0. The zero-order valence-electron chi connectivity index (χ0n) is 2.27. The first kappa shape index (κ1) is 44.4. The van der Waals surface area contributed by atoms with Gasteiger partial charge in [-0.05, 0) is 0 Å². The van der Waals surface area contributed by atoms with Crippen LogP contribution in [-0.4, -0.2) is 18.9 Å². The molecule has 0 aromatic heterocycles. The van der Waals surface area contributed by atoms with Crippen molar-refractivity contribution in [3.8, 4) is 0 Å². The van der Waals surface area contributed by atoms with Gasteiger partial charge in [-0.2, -0.15) is 9.90 Å². The Hall–Kier alpha value is 2.92. The third-order valence-corrected chi connectivity index (χ3v) is 0. The Morgan fingerprint density at radius 3 is 1.00 bits per heavy atom. The van der Waals surface area contributed by atoms with E-state index in [4.69, 9.17) is 0 Å². The average Bonchev–Trinajstić information content (AvgIpc) is 0. The molecule has 0 N–H and O–H groups in total. The Morgan fingerprint density at radius 2 is 1.00 bits per heavy atom. The molecule has 5 heteroatoms. The first-order chi connectivity index (χ1) is 0. The van der Waals surface area contributed by atoms with E-state index < -0.39 is 0 Å². The summed E-state index contributed by atoms with van der Waals surface area (Å²) in [7, 11) is 0. The fourth-order valence-corrected chi connectivity index (χ4v) is 0. The maximum atomic E-state index is 0. The van der Waals surface area contributed by atoms with Crippen molar-refractivity contribution in [1.82, 2.24) is 0 Å². The maximum absolute atomic E-state index is 0. The van der Waals surface area contributed by atoms with Crippen molar-refractivity contribution in [1.29, 1.82) is 0 Å². The van der Waals surface area contributed by atoms with Gasteiger partial charge in [0.1, 0.15) is 0 Å². The first-order valence-corrected chi connectivity index (χ1v) is 0. The van der Waals surface area contributed by atoms with Crippen LogP contribution in [0.1, 0.15) is 0 Å². The molecule has 1 unspecified atom stereocenters. The quantitative estimate of drug-likeness (QED) is 0.400. The smallest absolute Gasteiger partial charge is 0 e. The maximum Gasteiger partial charge on any atom is 0 e. The molecule has 0 aliphatic rings. The van der Waals surface area contributed by atoms with E-state index in [1.807, 2.05) is 0 Å². The van der Waals surface area contributed by atoms with Gasteiger partial charge < -0.3 is 0 Å². The van der Waals surface area contributed by atoms with E-state index in [-0.39, 0.29) is 87.9 Å². The van der Waals surface area contributed by atoms with Crippen LogP contribution >= 0.6 is 9.90 Å². The van der Waals surface area contributed by atoms with Gasteiger partial charge in [0.2, 0.25) is 0 Å². The summed E-state index contributed by atoms with van der Waals surface area (Å²) in [6.07, 6.45) is 0. The van der Waals surface area contributed by atoms with Crippen LogP contribution in [0.2, 0.25) is 0 Å². The van der Waals surface area contributed by atoms with E-state index >= 15 is 0 Å². The molecule has 1 atom stereocenters. The van der Waals surface area contributed by atoms with Crippen molar-refractivity contribution in [2.75, 3.05) is 0 Å². The molecule has 0 saturated carbocycles. The van der Waals surface area contributed by atoms with Crippen LogP contribution in [0.3, 0.4) is 0 Å². The molecule has 1 radical (unpaired) electrons. The van der Waals surface area contributed by atoms with Crippen LogP contribution < -0.4 is 0 Å². The predicted molar refractivity (Wildman–Crippen MR) is 18.3 cm³/mol. The minimum Gasteiger partial charge on any atom is 0 e.